The van der Waals surface area contributed by atoms with Crippen LogP contribution in [0.5, 0.6) is 0 Å². The molecule has 5 nitrogen and oxygen atoms in total. The van der Waals surface area contributed by atoms with Crippen LogP contribution in [0.1, 0.15) is 34.8 Å². The zero-order chi connectivity index (χ0) is 14.9. The number of oxime groups is 1. The van der Waals surface area contributed by atoms with Crippen molar-refractivity contribution in [3.05, 3.63) is 33.8 Å². The van der Waals surface area contributed by atoms with E-state index >= 15 is 0 Å². The minimum atomic E-state index is -2.28. The molecular formula is C12H10Cl2NO4S-. The molecule has 1 aromatic rings. The maximum atomic E-state index is 11.3. The highest BCUT2D eigenvalue weighted by molar-refractivity contribution is 7.78. The van der Waals surface area contributed by atoms with Gasteiger partial charge in [0.1, 0.15) is 6.10 Å². The lowest BCUT2D eigenvalue weighted by molar-refractivity contribution is 0.0995. The highest BCUT2D eigenvalue weighted by Gasteiger charge is 2.25. The van der Waals surface area contributed by atoms with Crippen molar-refractivity contribution in [3.8, 4) is 0 Å². The molecule has 0 bridgehead atoms. The molecule has 1 heterocycles. The number of hydrogen-bond acceptors (Lipinski definition) is 5. The van der Waals surface area contributed by atoms with E-state index in [0.29, 0.717) is 23.3 Å². The van der Waals surface area contributed by atoms with E-state index in [1.165, 1.54) is 12.1 Å². The molecule has 2 rings (SSSR count). The lowest BCUT2D eigenvalue weighted by Gasteiger charge is -2.14. The Morgan fingerprint density at radius 2 is 2.30 bits per heavy atom. The summed E-state index contributed by atoms with van der Waals surface area (Å²) in [6.07, 6.45) is 0.361. The summed E-state index contributed by atoms with van der Waals surface area (Å²) < 4.78 is 21.8. The fourth-order valence-electron chi connectivity index (χ4n) is 1.98. The summed E-state index contributed by atoms with van der Waals surface area (Å²) >= 11 is 9.35. The molecule has 8 heteroatoms. The van der Waals surface area contributed by atoms with Crippen LogP contribution in [0.4, 0.5) is 0 Å². The molecular weight excluding hydrogens is 325 g/mol. The van der Waals surface area contributed by atoms with Crippen molar-refractivity contribution in [2.75, 3.05) is 0 Å². The third-order valence-corrected chi connectivity index (χ3v) is 3.97. The predicted molar refractivity (Wildman–Crippen MR) is 76.0 cm³/mol. The number of hydrogen-bond donors (Lipinski definition) is 0. The summed E-state index contributed by atoms with van der Waals surface area (Å²) in [5.41, 5.74) is 1.50. The third-order valence-electron chi connectivity index (χ3n) is 2.83. The molecule has 0 N–H and O–H groups in total. The van der Waals surface area contributed by atoms with Crippen molar-refractivity contribution in [2.45, 2.75) is 25.2 Å². The summed E-state index contributed by atoms with van der Waals surface area (Å²) in [4.78, 5) is 16.4. The zero-order valence-corrected chi connectivity index (χ0v) is 12.7. The Morgan fingerprint density at radius 1 is 1.60 bits per heavy atom. The average molecular weight is 335 g/mol. The Morgan fingerprint density at radius 3 is 2.80 bits per heavy atom. The van der Waals surface area contributed by atoms with Crippen molar-refractivity contribution in [1.29, 1.82) is 0 Å². The first-order valence-electron chi connectivity index (χ1n) is 5.70. The number of rotatable bonds is 4. The van der Waals surface area contributed by atoms with Crippen LogP contribution in [0.15, 0.2) is 17.3 Å². The maximum Gasteiger partial charge on any atom is 0.253 e. The van der Waals surface area contributed by atoms with Crippen LogP contribution in [-0.2, 0) is 21.7 Å². The molecule has 0 spiro atoms. The molecule has 0 amide bonds. The molecule has 0 fully saturated rings. The van der Waals surface area contributed by atoms with E-state index in [1.807, 2.05) is 6.92 Å². The van der Waals surface area contributed by atoms with Crippen molar-refractivity contribution >= 4 is 45.2 Å². The second-order valence-corrected chi connectivity index (χ2v) is 5.96. The highest BCUT2D eigenvalue weighted by Crippen LogP contribution is 2.30. The average Bonchev–Trinajstić information content (AvgIpc) is 2.74. The molecule has 0 aromatic heterocycles. The Hall–Kier alpha value is -0.950. The van der Waals surface area contributed by atoms with Crippen molar-refractivity contribution in [3.63, 3.8) is 0 Å². The van der Waals surface area contributed by atoms with E-state index < -0.39 is 16.3 Å². The predicted octanol–water partition coefficient (Wildman–Crippen LogP) is 2.61. The number of carbonyl (C=O) groups is 1. The highest BCUT2D eigenvalue weighted by atomic mass is 35.5. The van der Waals surface area contributed by atoms with Gasteiger partial charge in [0.25, 0.3) is 5.24 Å². The molecule has 108 valence electrons. The van der Waals surface area contributed by atoms with Crippen LogP contribution in [-0.4, -0.2) is 25.8 Å². The minimum absolute atomic E-state index is 0.101. The van der Waals surface area contributed by atoms with Gasteiger partial charge in [0, 0.05) is 17.7 Å². The summed E-state index contributed by atoms with van der Waals surface area (Å²) in [6.45, 7) is 1.83. The van der Waals surface area contributed by atoms with Gasteiger partial charge in [-0.3, -0.25) is 9.00 Å². The Kier molecular flexibility index (Phi) is 4.80. The molecule has 2 unspecified atom stereocenters. The second kappa shape index (κ2) is 6.22. The van der Waals surface area contributed by atoms with Crippen molar-refractivity contribution < 1.29 is 18.4 Å². The van der Waals surface area contributed by atoms with Gasteiger partial charge in [-0.25, -0.2) is 0 Å². The molecule has 0 radical (unpaired) electrons. The molecule has 2 atom stereocenters. The van der Waals surface area contributed by atoms with Gasteiger partial charge in [-0.05, 0) is 30.2 Å². The number of carbonyl (C=O) groups excluding carboxylic acids is 1. The lowest BCUT2D eigenvalue weighted by Crippen LogP contribution is -2.10. The van der Waals surface area contributed by atoms with Crippen LogP contribution < -0.4 is 0 Å². The molecule has 1 aromatic carbocycles. The molecule has 20 heavy (non-hydrogen) atoms. The smallest absolute Gasteiger partial charge is 0.253 e. The van der Waals surface area contributed by atoms with Crippen LogP contribution in [0.3, 0.4) is 0 Å². The van der Waals surface area contributed by atoms with E-state index in [9.17, 15) is 13.6 Å². The quantitative estimate of drug-likeness (QED) is 0.626. The Balaban J connectivity index is 2.56. The van der Waals surface area contributed by atoms with Crippen LogP contribution in [0, 0.1) is 0 Å². The minimum Gasteiger partial charge on any atom is -0.772 e. The van der Waals surface area contributed by atoms with E-state index in [1.54, 1.807) is 0 Å². The third kappa shape index (κ3) is 3.20. The van der Waals surface area contributed by atoms with Gasteiger partial charge in [-0.1, -0.05) is 33.9 Å². The molecule has 0 aliphatic carbocycles. The Bertz CT molecular complexity index is 618. The lowest BCUT2D eigenvalue weighted by atomic mass is 9.98. The number of nitrogens with zero attached hydrogens (tertiary/aromatic N) is 1. The van der Waals surface area contributed by atoms with E-state index in [2.05, 4.69) is 5.16 Å². The van der Waals surface area contributed by atoms with Gasteiger partial charge in [0.2, 0.25) is 0 Å². The summed E-state index contributed by atoms with van der Waals surface area (Å²) in [6, 6.07) is 2.92. The Labute approximate surface area is 128 Å². The molecule has 0 saturated carbocycles. The van der Waals surface area contributed by atoms with Crippen molar-refractivity contribution in [2.24, 2.45) is 5.16 Å². The number of benzene rings is 1. The van der Waals surface area contributed by atoms with Crippen LogP contribution in [0.2, 0.25) is 5.02 Å². The second-order valence-electron chi connectivity index (χ2n) is 4.34. The first kappa shape index (κ1) is 15.4. The van der Waals surface area contributed by atoms with Crippen molar-refractivity contribution in [1.82, 2.24) is 0 Å². The molecule has 1 aliphatic rings. The summed E-state index contributed by atoms with van der Waals surface area (Å²) in [5.74, 6) is -0.223. The van der Waals surface area contributed by atoms with Gasteiger partial charge in [-0.15, -0.1) is 0 Å². The first-order chi connectivity index (χ1) is 9.40. The first-order valence-corrected chi connectivity index (χ1v) is 7.70. The summed E-state index contributed by atoms with van der Waals surface area (Å²) in [5, 5.41) is 3.28. The zero-order valence-electron chi connectivity index (χ0n) is 10.4. The normalized spacial score (nSPS) is 19.4. The van der Waals surface area contributed by atoms with E-state index in [-0.39, 0.29) is 22.4 Å². The fourth-order valence-corrected chi connectivity index (χ4v) is 3.05. The standard InChI is InChI=1S/C12H11Cl2NO4S/c1-6-4-9(15-19-6)10-7(5-20(17)18)2-3-8(11(10)13)12(14)16/h2-3,6H,4-5H2,1H3,(H,17,18)/p-1. The van der Waals surface area contributed by atoms with Crippen LogP contribution in [0.25, 0.3) is 0 Å². The molecule has 1 aliphatic heterocycles. The SMILES string of the molecule is CC1CC(c2c(CS(=O)[O-])ccc(C(=O)Cl)c2Cl)=NO1. The number of halogens is 2. The maximum absolute atomic E-state index is 11.3. The van der Waals surface area contributed by atoms with Gasteiger partial charge in [0.15, 0.2) is 0 Å². The van der Waals surface area contributed by atoms with E-state index in [4.69, 9.17) is 28.0 Å². The fraction of sp³-hybridized carbons (Fsp3) is 0.333. The monoisotopic (exact) mass is 334 g/mol. The molecule has 0 saturated heterocycles. The van der Waals surface area contributed by atoms with Gasteiger partial charge >= 0.3 is 0 Å². The van der Waals surface area contributed by atoms with Gasteiger partial charge in [-0.2, -0.15) is 0 Å². The summed E-state index contributed by atoms with van der Waals surface area (Å²) in [7, 11) is 0. The van der Waals surface area contributed by atoms with E-state index in [0.717, 1.165) is 0 Å². The van der Waals surface area contributed by atoms with Crippen LogP contribution >= 0.6 is 23.2 Å². The topological polar surface area (TPSA) is 78.8 Å². The van der Waals surface area contributed by atoms with Gasteiger partial charge in [0.05, 0.1) is 16.3 Å². The van der Waals surface area contributed by atoms with Gasteiger partial charge < -0.3 is 9.39 Å². The largest absolute Gasteiger partial charge is 0.772 e.